The number of rotatable bonds is 4. The second kappa shape index (κ2) is 5.90. The molecule has 2 bridgehead atoms. The summed E-state index contributed by atoms with van der Waals surface area (Å²) in [7, 11) is 4.11. The van der Waals surface area contributed by atoms with Gasteiger partial charge in [-0.25, -0.2) is 0 Å². The normalized spacial score (nSPS) is 47.6. The van der Waals surface area contributed by atoms with Gasteiger partial charge in [-0.15, -0.1) is 0 Å². The highest BCUT2D eigenvalue weighted by Gasteiger charge is 2.57. The van der Waals surface area contributed by atoms with Crippen LogP contribution in [0.15, 0.2) is 0 Å². The molecular formula is C19H29N5O2. The van der Waals surface area contributed by atoms with Crippen molar-refractivity contribution in [2.45, 2.75) is 81.2 Å². The minimum Gasteiger partial charge on any atom is -0.336 e. The Labute approximate surface area is 155 Å². The molecule has 8 unspecified atom stereocenters. The summed E-state index contributed by atoms with van der Waals surface area (Å²) in [5.74, 6) is 0.794. The lowest BCUT2D eigenvalue weighted by atomic mass is 9.84. The van der Waals surface area contributed by atoms with Crippen molar-refractivity contribution in [2.75, 3.05) is 14.1 Å². The summed E-state index contributed by atoms with van der Waals surface area (Å²) in [6, 6.07) is 2.84. The Morgan fingerprint density at radius 1 is 1.23 bits per heavy atom. The molecule has 1 amide bonds. The minimum absolute atomic E-state index is 0.0215. The van der Waals surface area contributed by atoms with Crippen molar-refractivity contribution in [1.82, 2.24) is 14.7 Å². The van der Waals surface area contributed by atoms with E-state index in [1.165, 1.54) is 12.8 Å². The first-order valence-electron chi connectivity index (χ1n) is 10.1. The topological polar surface area (TPSA) is 89.1 Å². The number of carbonyl (C=O) groups is 1. The van der Waals surface area contributed by atoms with Crippen LogP contribution in [0.2, 0.25) is 0 Å². The van der Waals surface area contributed by atoms with E-state index in [2.05, 4.69) is 30.0 Å². The number of piperidine rings is 2. The van der Waals surface area contributed by atoms with Crippen LogP contribution in [-0.2, 0) is 9.53 Å². The Hall–Kier alpha value is -1.20. The average Bonchev–Trinajstić information content (AvgIpc) is 3.53. The lowest BCUT2D eigenvalue weighted by Crippen LogP contribution is -2.55. The van der Waals surface area contributed by atoms with Gasteiger partial charge < -0.3 is 15.4 Å². The summed E-state index contributed by atoms with van der Waals surface area (Å²) in [4.78, 5) is 19.6. The zero-order valence-corrected chi connectivity index (χ0v) is 15.6. The fourth-order valence-corrected chi connectivity index (χ4v) is 5.92. The summed E-state index contributed by atoms with van der Waals surface area (Å²) < 4.78 is 5.88. The number of epoxide rings is 1. The van der Waals surface area contributed by atoms with Gasteiger partial charge in [0.25, 0.3) is 0 Å². The van der Waals surface area contributed by atoms with Gasteiger partial charge in [0.05, 0.1) is 12.1 Å². The van der Waals surface area contributed by atoms with Crippen LogP contribution in [0, 0.1) is 23.2 Å². The van der Waals surface area contributed by atoms with E-state index in [-0.39, 0.29) is 36.4 Å². The molecule has 4 heterocycles. The van der Waals surface area contributed by atoms with Crippen molar-refractivity contribution in [2.24, 2.45) is 17.6 Å². The van der Waals surface area contributed by atoms with E-state index in [4.69, 9.17) is 10.5 Å². The Balaban J connectivity index is 1.25. The van der Waals surface area contributed by atoms with Gasteiger partial charge in [0.2, 0.25) is 5.91 Å². The van der Waals surface area contributed by atoms with Crippen molar-refractivity contribution in [3.05, 3.63) is 0 Å². The van der Waals surface area contributed by atoms with Crippen LogP contribution in [0.4, 0.5) is 0 Å². The van der Waals surface area contributed by atoms with Crippen molar-refractivity contribution in [3.63, 3.8) is 0 Å². The van der Waals surface area contributed by atoms with E-state index in [1.807, 2.05) is 4.90 Å². The van der Waals surface area contributed by atoms with Gasteiger partial charge in [0.1, 0.15) is 6.04 Å². The molecule has 0 aromatic carbocycles. The number of fused-ring (bicyclic) bond motifs is 3. The lowest BCUT2D eigenvalue weighted by Gasteiger charge is -2.40. The molecule has 5 rings (SSSR count). The van der Waals surface area contributed by atoms with E-state index in [0.717, 1.165) is 25.7 Å². The molecule has 5 aliphatic rings. The van der Waals surface area contributed by atoms with Crippen LogP contribution in [0.1, 0.15) is 38.5 Å². The third-order valence-electron chi connectivity index (χ3n) is 7.38. The Morgan fingerprint density at radius 3 is 2.50 bits per heavy atom. The van der Waals surface area contributed by atoms with Crippen LogP contribution in [-0.4, -0.2) is 77.4 Å². The summed E-state index contributed by atoms with van der Waals surface area (Å²) in [5.41, 5.74) is 6.48. The molecule has 7 heteroatoms. The number of carbonyl (C=O) groups excluding carboxylic acids is 1. The van der Waals surface area contributed by atoms with E-state index in [1.54, 1.807) is 0 Å². The van der Waals surface area contributed by atoms with Gasteiger partial charge in [0.15, 0.2) is 12.5 Å². The number of amides is 1. The first-order chi connectivity index (χ1) is 12.5. The van der Waals surface area contributed by atoms with Crippen LogP contribution in [0.3, 0.4) is 0 Å². The molecule has 5 fully saturated rings. The van der Waals surface area contributed by atoms with Crippen LogP contribution in [0.5, 0.6) is 0 Å². The highest BCUT2D eigenvalue weighted by Crippen LogP contribution is 2.49. The first kappa shape index (κ1) is 16.9. The number of nitriles is 1. The average molecular weight is 359 g/mol. The maximum atomic E-state index is 13.1. The lowest BCUT2D eigenvalue weighted by molar-refractivity contribution is -0.135. The zero-order valence-electron chi connectivity index (χ0n) is 15.6. The highest BCUT2D eigenvalue weighted by atomic mass is 16.6. The molecule has 1 saturated carbocycles. The molecule has 1 aliphatic carbocycles. The van der Waals surface area contributed by atoms with Crippen molar-refractivity contribution >= 4 is 5.91 Å². The maximum Gasteiger partial charge on any atom is 0.241 e. The van der Waals surface area contributed by atoms with Gasteiger partial charge in [-0.3, -0.25) is 14.6 Å². The van der Waals surface area contributed by atoms with Gasteiger partial charge in [-0.1, -0.05) is 0 Å². The third kappa shape index (κ3) is 2.50. The Bertz CT molecular complexity index is 634. The first-order valence-corrected chi connectivity index (χ1v) is 10.1. The summed E-state index contributed by atoms with van der Waals surface area (Å²) in [6.45, 7) is 0. The number of nitrogens with two attached hydrogens (primary N) is 1. The number of likely N-dealkylation sites (N-methyl/N-ethyl adjacent to an activating group) is 1. The summed E-state index contributed by atoms with van der Waals surface area (Å²) >= 11 is 0. The van der Waals surface area contributed by atoms with Gasteiger partial charge in [-0.2, -0.15) is 5.26 Å². The van der Waals surface area contributed by atoms with Crippen LogP contribution < -0.4 is 5.73 Å². The molecule has 7 nitrogen and oxygen atoms in total. The molecule has 0 aromatic heterocycles. The second-order valence-electron chi connectivity index (χ2n) is 9.16. The van der Waals surface area contributed by atoms with Crippen molar-refractivity contribution in [1.29, 1.82) is 5.26 Å². The second-order valence-corrected chi connectivity index (χ2v) is 9.16. The van der Waals surface area contributed by atoms with Crippen LogP contribution in [0.25, 0.3) is 0 Å². The van der Waals surface area contributed by atoms with Gasteiger partial charge in [0, 0.05) is 18.1 Å². The fraction of sp³-hybridized carbons (Fsp3) is 0.895. The molecular weight excluding hydrogens is 330 g/mol. The van der Waals surface area contributed by atoms with E-state index < -0.39 is 6.04 Å². The maximum absolute atomic E-state index is 13.1. The van der Waals surface area contributed by atoms with E-state index >= 15 is 0 Å². The fourth-order valence-electron chi connectivity index (χ4n) is 5.92. The van der Waals surface area contributed by atoms with Gasteiger partial charge in [-0.05, 0) is 64.5 Å². The zero-order chi connectivity index (χ0) is 18.2. The summed E-state index contributed by atoms with van der Waals surface area (Å²) in [5, 5.41) is 9.37. The standard InChI is InChI=1S/C19H29N5O2/c1-22(2)18-19(26-18)23-12-3-4-13(23)7-11(6-12)16(21)17(25)24-14(9-20)5-10-8-15(10)24/h10-16,18-19H,3-8,21H2,1-2H3. The minimum atomic E-state index is -0.458. The molecule has 142 valence electrons. The predicted molar refractivity (Wildman–Crippen MR) is 94.5 cm³/mol. The number of ether oxygens (including phenoxy) is 1. The van der Waals surface area contributed by atoms with Crippen LogP contribution >= 0.6 is 0 Å². The quantitative estimate of drug-likeness (QED) is 0.727. The van der Waals surface area contributed by atoms with Crippen molar-refractivity contribution < 1.29 is 9.53 Å². The molecule has 0 spiro atoms. The monoisotopic (exact) mass is 359 g/mol. The molecule has 8 atom stereocenters. The Morgan fingerprint density at radius 2 is 1.92 bits per heavy atom. The van der Waals surface area contributed by atoms with E-state index in [0.29, 0.717) is 18.0 Å². The van der Waals surface area contributed by atoms with E-state index in [9.17, 15) is 10.1 Å². The number of hydrogen-bond acceptors (Lipinski definition) is 6. The molecule has 2 N–H and O–H groups in total. The largest absolute Gasteiger partial charge is 0.336 e. The molecule has 26 heavy (non-hydrogen) atoms. The third-order valence-corrected chi connectivity index (χ3v) is 7.38. The molecule has 0 aromatic rings. The molecule has 4 saturated heterocycles. The SMILES string of the molecule is CN(C)C1OC1N1C2CCC1CC(C(N)C(=O)N1C(C#N)CC3CC31)C2. The molecule has 0 radical (unpaired) electrons. The van der Waals surface area contributed by atoms with Crippen molar-refractivity contribution in [3.8, 4) is 6.07 Å². The van der Waals surface area contributed by atoms with Gasteiger partial charge >= 0.3 is 0 Å². The highest BCUT2D eigenvalue weighted by molar-refractivity contribution is 5.84. The predicted octanol–water partition coefficient (Wildman–Crippen LogP) is 0.314. The number of likely N-dealkylation sites (tertiary alicyclic amines) is 1. The molecule has 4 aliphatic heterocycles. The number of hydrogen-bond donors (Lipinski definition) is 1. The summed E-state index contributed by atoms with van der Waals surface area (Å²) in [6.07, 6.45) is 6.63. The number of nitrogens with zero attached hydrogens (tertiary/aromatic N) is 4. The Kier molecular flexibility index (Phi) is 3.84. The smallest absolute Gasteiger partial charge is 0.241 e.